The van der Waals surface area contributed by atoms with Crippen molar-refractivity contribution in [2.75, 3.05) is 5.73 Å². The van der Waals surface area contributed by atoms with Crippen LogP contribution in [0.15, 0.2) is 48.5 Å². The van der Waals surface area contributed by atoms with E-state index in [9.17, 15) is 0 Å². The molecule has 96 valence electrons. The van der Waals surface area contributed by atoms with Crippen molar-refractivity contribution in [1.29, 1.82) is 0 Å². The van der Waals surface area contributed by atoms with Crippen LogP contribution in [0.1, 0.15) is 4.88 Å². The van der Waals surface area contributed by atoms with E-state index in [1.807, 2.05) is 36.4 Å². The van der Waals surface area contributed by atoms with Gasteiger partial charge in [-0.2, -0.15) is 0 Å². The van der Waals surface area contributed by atoms with Gasteiger partial charge in [0.2, 0.25) is 0 Å². The molecule has 1 aromatic heterocycles. The summed E-state index contributed by atoms with van der Waals surface area (Å²) < 4.78 is 6.91. The number of hydrogen-bond donors (Lipinski definition) is 1. The van der Waals surface area contributed by atoms with Crippen LogP contribution in [0.4, 0.5) is 5.69 Å². The Bertz CT molecular complexity index is 723. The Labute approximate surface area is 120 Å². The number of nitrogens with two attached hydrogens (primary N) is 1. The van der Waals surface area contributed by atoms with E-state index in [1.54, 1.807) is 11.3 Å². The zero-order valence-corrected chi connectivity index (χ0v) is 11.7. The van der Waals surface area contributed by atoms with Gasteiger partial charge in [-0.25, -0.2) is 0 Å². The minimum Gasteiger partial charge on any atom is -0.487 e. The number of thiophene rings is 1. The molecule has 0 aliphatic rings. The van der Waals surface area contributed by atoms with Crippen LogP contribution < -0.4 is 10.5 Å². The summed E-state index contributed by atoms with van der Waals surface area (Å²) in [6.45, 7) is 0.503. The van der Waals surface area contributed by atoms with E-state index in [-0.39, 0.29) is 0 Å². The highest BCUT2D eigenvalue weighted by Gasteiger charge is 2.06. The molecule has 0 radical (unpaired) electrons. The molecule has 0 amide bonds. The molecule has 0 bridgehead atoms. The van der Waals surface area contributed by atoms with Gasteiger partial charge in [0.1, 0.15) is 12.4 Å². The Kier molecular flexibility index (Phi) is 3.32. The fourth-order valence-electron chi connectivity index (χ4n) is 1.92. The van der Waals surface area contributed by atoms with Gasteiger partial charge in [-0.3, -0.25) is 0 Å². The highest BCUT2D eigenvalue weighted by molar-refractivity contribution is 7.19. The molecular weight excluding hydrogens is 278 g/mol. The maximum Gasteiger partial charge on any atom is 0.138 e. The molecule has 3 aromatic rings. The normalized spacial score (nSPS) is 10.8. The molecule has 0 fully saturated rings. The maximum absolute atomic E-state index is 6.05. The second-order valence-corrected chi connectivity index (χ2v) is 5.77. The third-order valence-electron chi connectivity index (χ3n) is 2.85. The third kappa shape index (κ3) is 2.53. The molecule has 0 spiro atoms. The number of benzene rings is 2. The number of halogens is 1. The lowest BCUT2D eigenvalue weighted by molar-refractivity contribution is 0.310. The standard InChI is InChI=1S/C15H12ClNOS/c16-12-4-1-2-6-14(12)18-9-10-8-11-13(17)5-3-7-15(11)19-10/h1-8H,9,17H2. The number of ether oxygens (including phenoxy) is 1. The van der Waals surface area contributed by atoms with Gasteiger partial charge in [-0.1, -0.05) is 29.8 Å². The van der Waals surface area contributed by atoms with E-state index in [1.165, 1.54) is 4.70 Å². The van der Waals surface area contributed by atoms with E-state index >= 15 is 0 Å². The van der Waals surface area contributed by atoms with Gasteiger partial charge in [0.05, 0.1) is 5.02 Å². The number of nitrogen functional groups attached to an aromatic ring is 1. The van der Waals surface area contributed by atoms with E-state index < -0.39 is 0 Å². The van der Waals surface area contributed by atoms with Crippen LogP contribution in [0.2, 0.25) is 5.02 Å². The Hall–Kier alpha value is -1.71. The number of rotatable bonds is 3. The first kappa shape index (κ1) is 12.3. The van der Waals surface area contributed by atoms with Gasteiger partial charge >= 0.3 is 0 Å². The van der Waals surface area contributed by atoms with E-state index in [4.69, 9.17) is 22.1 Å². The Morgan fingerprint density at radius 3 is 2.74 bits per heavy atom. The Morgan fingerprint density at radius 1 is 1.11 bits per heavy atom. The van der Waals surface area contributed by atoms with Crippen LogP contribution in [0.3, 0.4) is 0 Å². The van der Waals surface area contributed by atoms with Crippen molar-refractivity contribution in [2.24, 2.45) is 0 Å². The van der Waals surface area contributed by atoms with Crippen LogP contribution >= 0.6 is 22.9 Å². The average Bonchev–Trinajstić information content (AvgIpc) is 2.82. The van der Waals surface area contributed by atoms with Crippen LogP contribution in [0, 0.1) is 0 Å². The van der Waals surface area contributed by atoms with Gasteiger partial charge in [0, 0.05) is 20.7 Å². The van der Waals surface area contributed by atoms with Gasteiger partial charge in [0.15, 0.2) is 0 Å². The van der Waals surface area contributed by atoms with Crippen molar-refractivity contribution in [1.82, 2.24) is 0 Å². The lowest BCUT2D eigenvalue weighted by Crippen LogP contribution is -1.93. The fraction of sp³-hybridized carbons (Fsp3) is 0.0667. The monoisotopic (exact) mass is 289 g/mol. The average molecular weight is 290 g/mol. The lowest BCUT2D eigenvalue weighted by Gasteiger charge is -2.05. The summed E-state index contributed by atoms with van der Waals surface area (Å²) in [6.07, 6.45) is 0. The second-order valence-electron chi connectivity index (χ2n) is 4.19. The minimum absolute atomic E-state index is 0.503. The number of hydrogen-bond acceptors (Lipinski definition) is 3. The first-order chi connectivity index (χ1) is 9.24. The quantitative estimate of drug-likeness (QED) is 0.708. The number of fused-ring (bicyclic) bond motifs is 1. The summed E-state index contributed by atoms with van der Waals surface area (Å²) in [5, 5.41) is 1.72. The molecule has 0 aliphatic heterocycles. The predicted molar refractivity (Wildman–Crippen MR) is 82.0 cm³/mol. The summed E-state index contributed by atoms with van der Waals surface area (Å²) in [5.74, 6) is 0.703. The fourth-order valence-corrected chi connectivity index (χ4v) is 3.12. The molecule has 0 saturated carbocycles. The summed E-state index contributed by atoms with van der Waals surface area (Å²) in [6, 6.07) is 15.5. The highest BCUT2D eigenvalue weighted by atomic mass is 35.5. The second kappa shape index (κ2) is 5.11. The summed E-state index contributed by atoms with van der Waals surface area (Å²) in [5.41, 5.74) is 6.75. The highest BCUT2D eigenvalue weighted by Crippen LogP contribution is 2.31. The van der Waals surface area contributed by atoms with Crippen molar-refractivity contribution in [3.63, 3.8) is 0 Å². The van der Waals surface area contributed by atoms with Crippen LogP contribution in [-0.4, -0.2) is 0 Å². The molecule has 3 rings (SSSR count). The predicted octanol–water partition coefficient (Wildman–Crippen LogP) is 4.72. The third-order valence-corrected chi connectivity index (χ3v) is 4.24. The smallest absolute Gasteiger partial charge is 0.138 e. The molecule has 4 heteroatoms. The van der Waals surface area contributed by atoms with Crippen LogP contribution in [0.5, 0.6) is 5.75 Å². The Balaban J connectivity index is 1.83. The molecule has 0 saturated heterocycles. The van der Waals surface area contributed by atoms with Crippen molar-refractivity contribution >= 4 is 38.7 Å². The van der Waals surface area contributed by atoms with Crippen molar-refractivity contribution < 1.29 is 4.74 Å². The largest absolute Gasteiger partial charge is 0.487 e. The van der Waals surface area contributed by atoms with Crippen molar-refractivity contribution in [2.45, 2.75) is 6.61 Å². The van der Waals surface area contributed by atoms with E-state index in [2.05, 4.69) is 12.1 Å². The molecule has 2 aromatic carbocycles. The van der Waals surface area contributed by atoms with Crippen LogP contribution in [-0.2, 0) is 6.61 Å². The van der Waals surface area contributed by atoms with Crippen molar-refractivity contribution in [3.05, 3.63) is 58.4 Å². The van der Waals surface area contributed by atoms with Crippen molar-refractivity contribution in [3.8, 4) is 5.75 Å². The van der Waals surface area contributed by atoms with Gasteiger partial charge in [0.25, 0.3) is 0 Å². The summed E-state index contributed by atoms with van der Waals surface area (Å²) >= 11 is 7.74. The van der Waals surface area contributed by atoms with E-state index in [0.717, 1.165) is 16.0 Å². The maximum atomic E-state index is 6.05. The number of para-hydroxylation sites is 1. The molecule has 2 N–H and O–H groups in total. The zero-order valence-electron chi connectivity index (χ0n) is 10.1. The molecule has 2 nitrogen and oxygen atoms in total. The molecule has 0 unspecified atom stereocenters. The molecule has 19 heavy (non-hydrogen) atoms. The topological polar surface area (TPSA) is 35.2 Å². The zero-order chi connectivity index (χ0) is 13.2. The molecular formula is C15H12ClNOS. The SMILES string of the molecule is Nc1cccc2sc(COc3ccccc3Cl)cc12. The van der Waals surface area contributed by atoms with Gasteiger partial charge in [-0.15, -0.1) is 11.3 Å². The number of anilines is 1. The minimum atomic E-state index is 0.503. The molecule has 0 atom stereocenters. The summed E-state index contributed by atoms with van der Waals surface area (Å²) in [7, 11) is 0. The summed E-state index contributed by atoms with van der Waals surface area (Å²) in [4.78, 5) is 1.13. The van der Waals surface area contributed by atoms with E-state index in [0.29, 0.717) is 17.4 Å². The van der Waals surface area contributed by atoms with Gasteiger partial charge < -0.3 is 10.5 Å². The first-order valence-electron chi connectivity index (χ1n) is 5.88. The molecule has 0 aliphatic carbocycles. The van der Waals surface area contributed by atoms with Crippen LogP contribution in [0.25, 0.3) is 10.1 Å². The first-order valence-corrected chi connectivity index (χ1v) is 7.08. The molecule has 1 heterocycles. The lowest BCUT2D eigenvalue weighted by atomic mass is 10.2. The van der Waals surface area contributed by atoms with Gasteiger partial charge in [-0.05, 0) is 30.3 Å². The Morgan fingerprint density at radius 2 is 1.95 bits per heavy atom.